The third-order valence-electron chi connectivity index (χ3n) is 5.47. The van der Waals surface area contributed by atoms with E-state index < -0.39 is 11.6 Å². The highest BCUT2D eigenvalue weighted by atomic mass is 19.1. The van der Waals surface area contributed by atoms with E-state index in [1.54, 1.807) is 30.5 Å². The first-order chi connectivity index (χ1) is 16.5. The van der Waals surface area contributed by atoms with Gasteiger partial charge in [0, 0.05) is 11.3 Å². The van der Waals surface area contributed by atoms with Crippen molar-refractivity contribution in [2.24, 2.45) is 0 Å². The van der Waals surface area contributed by atoms with Gasteiger partial charge in [0.15, 0.2) is 0 Å². The van der Waals surface area contributed by atoms with Gasteiger partial charge in [-0.05, 0) is 84.1 Å². The summed E-state index contributed by atoms with van der Waals surface area (Å²) in [4.78, 5) is 4.37. The largest absolute Gasteiger partial charge is 0.492 e. The molecule has 5 heteroatoms. The van der Waals surface area contributed by atoms with Gasteiger partial charge in [-0.1, -0.05) is 37.3 Å². The van der Waals surface area contributed by atoms with Crippen molar-refractivity contribution < 1.29 is 17.9 Å². The van der Waals surface area contributed by atoms with Gasteiger partial charge in [0.1, 0.15) is 23.2 Å². The average Bonchev–Trinajstić information content (AvgIpc) is 2.83. The molecule has 0 aliphatic heterocycles. The van der Waals surface area contributed by atoms with Crippen molar-refractivity contribution in [1.29, 1.82) is 0 Å². The highest BCUT2D eigenvalue weighted by molar-refractivity contribution is 5.84. The standard InChI is InChI=1S/C29H24F3NO/c1-2-3-14-34-26-12-11-25(33-19-26)10-5-21-16-28(31)27(29(32)17-21)13-6-20-4-7-23-18-24(30)9-8-22(23)15-20/h4,7-9,11-12,15-19H,2-3,5,10,14H2,1H3. The third kappa shape index (κ3) is 5.96. The highest BCUT2D eigenvalue weighted by Crippen LogP contribution is 2.19. The molecule has 0 atom stereocenters. The molecule has 4 aromatic rings. The van der Waals surface area contributed by atoms with Crippen molar-refractivity contribution >= 4 is 10.8 Å². The van der Waals surface area contributed by atoms with Crippen molar-refractivity contribution in [2.75, 3.05) is 6.61 Å². The van der Waals surface area contributed by atoms with Gasteiger partial charge < -0.3 is 4.74 Å². The van der Waals surface area contributed by atoms with Gasteiger partial charge in [-0.2, -0.15) is 0 Å². The van der Waals surface area contributed by atoms with Gasteiger partial charge in [0.25, 0.3) is 0 Å². The van der Waals surface area contributed by atoms with Crippen LogP contribution in [-0.4, -0.2) is 11.6 Å². The Hall–Kier alpha value is -3.78. The van der Waals surface area contributed by atoms with Crippen LogP contribution in [0.1, 0.15) is 42.1 Å². The van der Waals surface area contributed by atoms with E-state index in [0.717, 1.165) is 35.1 Å². The van der Waals surface area contributed by atoms with Gasteiger partial charge in [-0.3, -0.25) is 4.98 Å². The topological polar surface area (TPSA) is 22.1 Å². The van der Waals surface area contributed by atoms with E-state index in [0.29, 0.717) is 30.6 Å². The van der Waals surface area contributed by atoms with Crippen LogP contribution in [-0.2, 0) is 12.8 Å². The van der Waals surface area contributed by atoms with Crippen LogP contribution in [0.3, 0.4) is 0 Å². The zero-order valence-corrected chi connectivity index (χ0v) is 18.9. The quantitative estimate of drug-likeness (QED) is 0.219. The number of halogens is 3. The summed E-state index contributed by atoms with van der Waals surface area (Å²) >= 11 is 0. The van der Waals surface area contributed by atoms with Gasteiger partial charge in [0.05, 0.1) is 18.4 Å². The molecule has 4 rings (SSSR count). The maximum atomic E-state index is 14.6. The van der Waals surface area contributed by atoms with E-state index in [1.807, 2.05) is 12.1 Å². The van der Waals surface area contributed by atoms with Crippen LogP contribution in [0.2, 0.25) is 0 Å². The second-order valence-electron chi connectivity index (χ2n) is 8.08. The van der Waals surface area contributed by atoms with Crippen LogP contribution in [0.25, 0.3) is 10.8 Å². The number of pyridine rings is 1. The number of hydrogen-bond donors (Lipinski definition) is 0. The molecule has 1 heterocycles. The minimum Gasteiger partial charge on any atom is -0.492 e. The molecule has 1 aromatic heterocycles. The molecule has 172 valence electrons. The van der Waals surface area contributed by atoms with Gasteiger partial charge in [-0.25, -0.2) is 13.2 Å². The number of hydrogen-bond acceptors (Lipinski definition) is 2. The molecular formula is C29H24F3NO. The van der Waals surface area contributed by atoms with Crippen LogP contribution in [0.5, 0.6) is 5.75 Å². The van der Waals surface area contributed by atoms with Crippen molar-refractivity contribution in [3.8, 4) is 17.6 Å². The summed E-state index contributed by atoms with van der Waals surface area (Å²) in [6, 6.07) is 16.0. The van der Waals surface area contributed by atoms with Crippen LogP contribution >= 0.6 is 0 Å². The summed E-state index contributed by atoms with van der Waals surface area (Å²) < 4.78 is 48.2. The Bertz CT molecular complexity index is 1330. The highest BCUT2D eigenvalue weighted by Gasteiger charge is 2.10. The number of benzene rings is 3. The van der Waals surface area contributed by atoms with Crippen LogP contribution in [0, 0.1) is 29.3 Å². The maximum absolute atomic E-state index is 14.6. The van der Waals surface area contributed by atoms with Gasteiger partial charge in [0.2, 0.25) is 0 Å². The van der Waals surface area contributed by atoms with Crippen molar-refractivity contribution in [1.82, 2.24) is 4.98 Å². The Labute approximate surface area is 197 Å². The molecule has 0 N–H and O–H groups in total. The lowest BCUT2D eigenvalue weighted by molar-refractivity contribution is 0.308. The molecule has 3 aromatic carbocycles. The molecule has 2 nitrogen and oxygen atoms in total. The zero-order valence-electron chi connectivity index (χ0n) is 18.9. The van der Waals surface area contributed by atoms with E-state index in [2.05, 4.69) is 23.7 Å². The predicted molar refractivity (Wildman–Crippen MR) is 128 cm³/mol. The van der Waals surface area contributed by atoms with Crippen molar-refractivity contribution in [3.05, 3.63) is 107 Å². The van der Waals surface area contributed by atoms with Crippen molar-refractivity contribution in [3.63, 3.8) is 0 Å². The second kappa shape index (κ2) is 10.9. The Kier molecular flexibility index (Phi) is 7.49. The summed E-state index contributed by atoms with van der Waals surface area (Å²) in [5.74, 6) is 4.41. The number of unbranched alkanes of at least 4 members (excludes halogenated alkanes) is 1. The maximum Gasteiger partial charge on any atom is 0.142 e. The molecule has 0 unspecified atom stereocenters. The lowest BCUT2D eigenvalue weighted by Gasteiger charge is -2.07. The Balaban J connectivity index is 1.43. The molecule has 0 radical (unpaired) electrons. The van der Waals surface area contributed by atoms with E-state index in [-0.39, 0.29) is 11.4 Å². The van der Waals surface area contributed by atoms with Gasteiger partial charge >= 0.3 is 0 Å². The van der Waals surface area contributed by atoms with E-state index in [1.165, 1.54) is 24.3 Å². The first-order valence-electron chi connectivity index (χ1n) is 11.3. The van der Waals surface area contributed by atoms with Crippen LogP contribution in [0.4, 0.5) is 13.2 Å². The van der Waals surface area contributed by atoms with Crippen LogP contribution < -0.4 is 4.74 Å². The molecule has 0 amide bonds. The lowest BCUT2D eigenvalue weighted by atomic mass is 10.0. The molecule has 0 aliphatic rings. The number of ether oxygens (including phenoxy) is 1. The number of rotatable bonds is 7. The first-order valence-corrected chi connectivity index (χ1v) is 11.3. The molecule has 0 bridgehead atoms. The minimum absolute atomic E-state index is 0.269. The first kappa shape index (κ1) is 23.4. The normalized spacial score (nSPS) is 10.7. The Morgan fingerprint density at radius 3 is 2.32 bits per heavy atom. The minimum atomic E-state index is -0.696. The fourth-order valence-electron chi connectivity index (χ4n) is 3.57. The summed E-state index contributed by atoms with van der Waals surface area (Å²) in [7, 11) is 0. The number of fused-ring (bicyclic) bond motifs is 1. The number of aryl methyl sites for hydroxylation is 2. The summed E-state index contributed by atoms with van der Waals surface area (Å²) in [5, 5.41) is 1.54. The summed E-state index contributed by atoms with van der Waals surface area (Å²) in [6.45, 7) is 2.76. The molecule has 0 saturated heterocycles. The van der Waals surface area contributed by atoms with E-state index in [4.69, 9.17) is 4.74 Å². The molecule has 0 fully saturated rings. The monoisotopic (exact) mass is 459 g/mol. The molecular weight excluding hydrogens is 435 g/mol. The lowest BCUT2D eigenvalue weighted by Crippen LogP contribution is -2.00. The summed E-state index contributed by atoms with van der Waals surface area (Å²) in [5.41, 5.74) is 1.69. The number of nitrogens with zero attached hydrogens (tertiary/aromatic N) is 1. The fraction of sp³-hybridized carbons (Fsp3) is 0.207. The molecule has 0 spiro atoms. The zero-order chi connectivity index (χ0) is 23.9. The Morgan fingerprint density at radius 2 is 1.59 bits per heavy atom. The third-order valence-corrected chi connectivity index (χ3v) is 5.47. The van der Waals surface area contributed by atoms with Crippen molar-refractivity contribution in [2.45, 2.75) is 32.6 Å². The Morgan fingerprint density at radius 1 is 0.824 bits per heavy atom. The smallest absolute Gasteiger partial charge is 0.142 e. The molecule has 34 heavy (non-hydrogen) atoms. The summed E-state index contributed by atoms with van der Waals surface area (Å²) in [6.07, 6.45) is 4.73. The average molecular weight is 460 g/mol. The molecule has 0 saturated carbocycles. The van der Waals surface area contributed by atoms with Gasteiger partial charge in [-0.15, -0.1) is 0 Å². The van der Waals surface area contributed by atoms with E-state index in [9.17, 15) is 13.2 Å². The SMILES string of the molecule is CCCCOc1ccc(CCc2cc(F)c(C#Cc3ccc4cc(F)ccc4c3)c(F)c2)nc1. The second-order valence-corrected chi connectivity index (χ2v) is 8.08. The number of aromatic nitrogens is 1. The fourth-order valence-corrected chi connectivity index (χ4v) is 3.57. The molecule has 0 aliphatic carbocycles. The van der Waals surface area contributed by atoms with Crippen LogP contribution in [0.15, 0.2) is 66.9 Å². The van der Waals surface area contributed by atoms with E-state index >= 15 is 0 Å². The predicted octanol–water partition coefficient (Wildman–Crippen LogP) is 7.02.